The molecule has 0 saturated heterocycles. The van der Waals surface area contributed by atoms with Crippen molar-refractivity contribution in [3.63, 3.8) is 0 Å². The molecule has 1 aromatic heterocycles. The minimum Gasteiger partial charge on any atom is -0.392 e. The highest BCUT2D eigenvalue weighted by Crippen LogP contribution is 2.19. The molecule has 1 unspecified atom stereocenters. The van der Waals surface area contributed by atoms with Crippen molar-refractivity contribution in [2.45, 2.75) is 122 Å². The number of nitrogens with one attached hydrogen (secondary N) is 3. The first-order valence-corrected chi connectivity index (χ1v) is 20.5. The molecule has 1 heterocycles. The summed E-state index contributed by atoms with van der Waals surface area (Å²) < 4.78 is 47.9. The van der Waals surface area contributed by atoms with Gasteiger partial charge in [0.2, 0.25) is 5.91 Å². The van der Waals surface area contributed by atoms with Gasteiger partial charge < -0.3 is 20.5 Å². The number of nitrogens with zero attached hydrogens (tertiary/aromatic N) is 2. The third-order valence-electron chi connectivity index (χ3n) is 8.70. The highest BCUT2D eigenvalue weighted by atomic mass is 32.2. The molecule has 1 aliphatic rings. The molecule has 4 N–H and O–H groups in total. The van der Waals surface area contributed by atoms with E-state index in [0.717, 1.165) is 75.7 Å². The number of hydrogen-bond donors (Lipinski definition) is 4. The SMILES string of the molecule is C#C.CCC(C)OCc1ccccc1.CCC[C@@H](C)NC(=O)c1cc(NS(=O)(=O)c2cccc(F)c2)nn1CC(=O)NC1CCCCC1.OCc1ccccc1. The first-order chi connectivity index (χ1) is 26.9. The van der Waals surface area contributed by atoms with Gasteiger partial charge in [-0.25, -0.2) is 17.5 Å². The molecule has 2 atom stereocenters. The number of terminal acetylenes is 1. The number of anilines is 1. The molecule has 304 valence electrons. The lowest BCUT2D eigenvalue weighted by atomic mass is 9.95. The summed E-state index contributed by atoms with van der Waals surface area (Å²) in [6.07, 6.45) is 16.2. The maximum absolute atomic E-state index is 13.5. The number of halogens is 1. The summed E-state index contributed by atoms with van der Waals surface area (Å²) in [6, 6.07) is 25.6. The number of ether oxygens (including phenoxy) is 1. The molecule has 1 aliphatic carbocycles. The highest BCUT2D eigenvalue weighted by molar-refractivity contribution is 7.92. The molecule has 0 bridgehead atoms. The van der Waals surface area contributed by atoms with Gasteiger partial charge in [0.25, 0.3) is 15.9 Å². The second-order valence-corrected chi connectivity index (χ2v) is 15.0. The summed E-state index contributed by atoms with van der Waals surface area (Å²) in [5.74, 6) is -1.60. The van der Waals surface area contributed by atoms with E-state index in [0.29, 0.717) is 6.10 Å². The van der Waals surface area contributed by atoms with E-state index in [2.05, 4.69) is 59.3 Å². The second kappa shape index (κ2) is 25.9. The Balaban J connectivity index is 0.000000398. The van der Waals surface area contributed by atoms with Crippen LogP contribution in [0.3, 0.4) is 0 Å². The third-order valence-corrected chi connectivity index (χ3v) is 10.1. The largest absolute Gasteiger partial charge is 0.392 e. The van der Waals surface area contributed by atoms with Gasteiger partial charge >= 0.3 is 0 Å². The fourth-order valence-corrected chi connectivity index (χ4v) is 6.59. The number of carbonyl (C=O) groups excluding carboxylic acids is 2. The van der Waals surface area contributed by atoms with Gasteiger partial charge in [-0.3, -0.25) is 14.3 Å². The van der Waals surface area contributed by atoms with Gasteiger partial charge in [-0.2, -0.15) is 5.10 Å². The van der Waals surface area contributed by atoms with Crippen molar-refractivity contribution in [2.75, 3.05) is 4.72 Å². The van der Waals surface area contributed by atoms with Crippen molar-refractivity contribution in [3.05, 3.63) is 114 Å². The molecule has 5 rings (SSSR count). The van der Waals surface area contributed by atoms with Gasteiger partial charge in [0.1, 0.15) is 18.1 Å². The number of aliphatic hydroxyl groups excluding tert-OH is 1. The van der Waals surface area contributed by atoms with E-state index < -0.39 is 21.7 Å². The van der Waals surface area contributed by atoms with E-state index in [1.54, 1.807) is 0 Å². The fraction of sp³-hybridized carbons (Fsp3) is 0.419. The van der Waals surface area contributed by atoms with Crippen LogP contribution < -0.4 is 15.4 Å². The van der Waals surface area contributed by atoms with E-state index in [4.69, 9.17) is 9.84 Å². The van der Waals surface area contributed by atoms with Crippen LogP contribution in [0.2, 0.25) is 0 Å². The second-order valence-electron chi connectivity index (χ2n) is 13.4. The van der Waals surface area contributed by atoms with E-state index in [1.165, 1.54) is 28.4 Å². The zero-order chi connectivity index (χ0) is 41.3. The molecule has 13 heteroatoms. The number of rotatable bonds is 15. The molecule has 1 fully saturated rings. The smallest absolute Gasteiger partial charge is 0.269 e. The Morgan fingerprint density at radius 1 is 0.929 bits per heavy atom. The van der Waals surface area contributed by atoms with Gasteiger partial charge in [0, 0.05) is 18.2 Å². The van der Waals surface area contributed by atoms with Crippen molar-refractivity contribution in [1.29, 1.82) is 0 Å². The zero-order valence-corrected chi connectivity index (χ0v) is 33.8. The van der Waals surface area contributed by atoms with Crippen LogP contribution in [-0.2, 0) is 39.3 Å². The van der Waals surface area contributed by atoms with E-state index in [9.17, 15) is 22.4 Å². The molecule has 0 spiro atoms. The normalized spacial score (nSPS) is 13.5. The standard InChI is InChI=1S/C23H32FN5O4S.C11H16O.C7H8O.C2H2/c1-3-8-16(2)25-23(31)20-14-21(28-34(32,33)19-12-7-9-17(24)13-19)27-29(20)15-22(30)26-18-10-5-4-6-11-18;1-3-10(2)12-9-11-7-5-4-6-8-11;8-6-7-4-2-1-3-5-7;1-2/h7,9,12-14,16,18H,3-6,8,10-11,15H2,1-2H3,(H,25,31)(H,26,30)(H,27,28);4-8,10H,3,9H2,1-2H3;1-5,8H,6H2;1-2H/t16-;;;/m1.../s1. The van der Waals surface area contributed by atoms with E-state index >= 15 is 0 Å². The number of benzene rings is 3. The van der Waals surface area contributed by atoms with Crippen LogP contribution in [0, 0.1) is 18.7 Å². The minimum absolute atomic E-state index is 0.0543. The maximum atomic E-state index is 13.5. The fourth-order valence-electron chi connectivity index (χ4n) is 5.57. The summed E-state index contributed by atoms with van der Waals surface area (Å²) >= 11 is 0. The van der Waals surface area contributed by atoms with E-state index in [1.807, 2.05) is 62.4 Å². The van der Waals surface area contributed by atoms with Gasteiger partial charge in [-0.05, 0) is 68.9 Å². The lowest BCUT2D eigenvalue weighted by Crippen LogP contribution is -2.39. The van der Waals surface area contributed by atoms with Crippen molar-refractivity contribution in [1.82, 2.24) is 20.4 Å². The van der Waals surface area contributed by atoms with Crippen LogP contribution in [0.15, 0.2) is 95.9 Å². The first-order valence-electron chi connectivity index (χ1n) is 19.0. The third kappa shape index (κ3) is 17.6. The Kier molecular flexibility index (Phi) is 21.8. The molecule has 56 heavy (non-hydrogen) atoms. The summed E-state index contributed by atoms with van der Waals surface area (Å²) in [4.78, 5) is 25.3. The zero-order valence-electron chi connectivity index (χ0n) is 33.0. The summed E-state index contributed by atoms with van der Waals surface area (Å²) in [5.41, 5.74) is 2.27. The molecule has 2 amide bonds. The lowest BCUT2D eigenvalue weighted by molar-refractivity contribution is -0.122. The average Bonchev–Trinajstić information content (AvgIpc) is 3.60. The Morgan fingerprint density at radius 3 is 2.11 bits per heavy atom. The maximum Gasteiger partial charge on any atom is 0.269 e. The monoisotopic (exact) mass is 791 g/mol. The van der Waals surface area contributed by atoms with Crippen LogP contribution in [0.4, 0.5) is 10.2 Å². The number of sulfonamides is 1. The average molecular weight is 792 g/mol. The Morgan fingerprint density at radius 2 is 1.55 bits per heavy atom. The quantitative estimate of drug-likeness (QED) is 0.0905. The topological polar surface area (TPSA) is 152 Å². The van der Waals surface area contributed by atoms with Crippen LogP contribution in [0.25, 0.3) is 0 Å². The van der Waals surface area contributed by atoms with Gasteiger partial charge in [0.05, 0.1) is 24.2 Å². The van der Waals surface area contributed by atoms with Gasteiger partial charge in [-0.15, -0.1) is 12.8 Å². The summed E-state index contributed by atoms with van der Waals surface area (Å²) in [5, 5.41) is 18.5. The molecule has 3 aromatic carbocycles. The molecule has 11 nitrogen and oxygen atoms in total. The molecule has 1 saturated carbocycles. The van der Waals surface area contributed by atoms with Crippen molar-refractivity contribution in [3.8, 4) is 12.8 Å². The van der Waals surface area contributed by atoms with Gasteiger partial charge in [0.15, 0.2) is 5.82 Å². The predicted octanol–water partition coefficient (Wildman–Crippen LogP) is 7.62. The lowest BCUT2D eigenvalue weighted by Gasteiger charge is -2.22. The number of aromatic nitrogens is 2. The summed E-state index contributed by atoms with van der Waals surface area (Å²) in [6.45, 7) is 8.74. The van der Waals surface area contributed by atoms with Crippen molar-refractivity contribution >= 4 is 27.7 Å². The molecule has 4 aromatic rings. The van der Waals surface area contributed by atoms with Crippen molar-refractivity contribution < 1.29 is 32.2 Å². The molecular formula is C43H58FN5O6S. The van der Waals surface area contributed by atoms with Crippen LogP contribution in [-0.4, -0.2) is 53.3 Å². The highest BCUT2D eigenvalue weighted by Gasteiger charge is 2.23. The molecule has 0 aliphatic heterocycles. The van der Waals surface area contributed by atoms with Crippen molar-refractivity contribution in [2.24, 2.45) is 0 Å². The molecular weight excluding hydrogens is 734 g/mol. The number of hydrogen-bond acceptors (Lipinski definition) is 7. The Bertz CT molecular complexity index is 1850. The number of carbonyl (C=O) groups is 2. The number of aliphatic hydroxyl groups is 1. The van der Waals surface area contributed by atoms with Crippen LogP contribution in [0.5, 0.6) is 0 Å². The Labute approximate surface area is 332 Å². The van der Waals surface area contributed by atoms with Crippen LogP contribution in [0.1, 0.15) is 101 Å². The minimum atomic E-state index is -4.15. The van der Waals surface area contributed by atoms with E-state index in [-0.39, 0.29) is 47.5 Å². The Hall–Kier alpha value is -5.03. The molecule has 0 radical (unpaired) electrons. The first kappa shape index (κ1) is 47.1. The van der Waals surface area contributed by atoms with Crippen LogP contribution >= 0.6 is 0 Å². The number of amides is 2. The summed E-state index contributed by atoms with van der Waals surface area (Å²) in [7, 11) is -4.15. The van der Waals surface area contributed by atoms with Gasteiger partial charge in [-0.1, -0.05) is 106 Å². The predicted molar refractivity (Wildman–Crippen MR) is 220 cm³/mol.